The summed E-state index contributed by atoms with van der Waals surface area (Å²) in [7, 11) is 3.48. The molecule has 0 N–H and O–H groups in total. The number of hydrogen-bond donors (Lipinski definition) is 0. The number of aryl methyl sites for hydroxylation is 2. The van der Waals surface area contributed by atoms with Gasteiger partial charge in [0.25, 0.3) is 0 Å². The fourth-order valence-electron chi connectivity index (χ4n) is 5.26. The zero-order chi connectivity index (χ0) is 21.4. The van der Waals surface area contributed by atoms with Crippen molar-refractivity contribution in [2.45, 2.75) is 38.0 Å². The fraction of sp³-hybridized carbons (Fsp3) is 0.286. The van der Waals surface area contributed by atoms with Crippen LogP contribution in [0.1, 0.15) is 41.9 Å². The van der Waals surface area contributed by atoms with Gasteiger partial charge in [-0.2, -0.15) is 0 Å². The second-order valence-electron chi connectivity index (χ2n) is 8.44. The lowest BCUT2D eigenvalue weighted by Crippen LogP contribution is -2.11. The summed E-state index contributed by atoms with van der Waals surface area (Å²) in [5, 5.41) is 4.89. The van der Waals surface area contributed by atoms with Gasteiger partial charge in [0.2, 0.25) is 0 Å². The lowest BCUT2D eigenvalue weighted by atomic mass is 9.77. The molecule has 0 heterocycles. The van der Waals surface area contributed by atoms with Crippen molar-refractivity contribution in [3.05, 3.63) is 81.8 Å². The summed E-state index contributed by atoms with van der Waals surface area (Å²) in [6.45, 7) is 0. The van der Waals surface area contributed by atoms with Crippen molar-refractivity contribution in [1.29, 1.82) is 0 Å². The number of ether oxygens (including phenoxy) is 2. The van der Waals surface area contributed by atoms with E-state index in [2.05, 4.69) is 70.5 Å². The molecule has 1 aliphatic rings. The van der Waals surface area contributed by atoms with Gasteiger partial charge in [-0.05, 0) is 95.1 Å². The van der Waals surface area contributed by atoms with E-state index >= 15 is 0 Å². The molecular formula is C28H27BrO2. The first-order valence-electron chi connectivity index (χ1n) is 11.0. The highest BCUT2D eigenvalue weighted by molar-refractivity contribution is 9.10. The molecule has 0 spiro atoms. The van der Waals surface area contributed by atoms with Crippen molar-refractivity contribution in [1.82, 2.24) is 0 Å². The molecule has 1 atom stereocenters. The van der Waals surface area contributed by atoms with Crippen LogP contribution in [0.2, 0.25) is 0 Å². The molecule has 0 saturated heterocycles. The molecule has 0 radical (unpaired) electrons. The lowest BCUT2D eigenvalue weighted by molar-refractivity contribution is 0.405. The average Bonchev–Trinajstić information content (AvgIpc) is 2.82. The van der Waals surface area contributed by atoms with Gasteiger partial charge < -0.3 is 9.47 Å². The third-order valence-corrected chi connectivity index (χ3v) is 7.31. The van der Waals surface area contributed by atoms with Crippen LogP contribution in [-0.4, -0.2) is 14.2 Å². The van der Waals surface area contributed by atoms with Gasteiger partial charge in [-0.3, -0.25) is 0 Å². The first-order valence-corrected chi connectivity index (χ1v) is 11.8. The SMILES string of the molecule is COc1cccc2c1c(OC)cc1c3c(ccc12)C(CCc1ccc(Br)cc1)CCC3. The van der Waals surface area contributed by atoms with E-state index in [-0.39, 0.29) is 0 Å². The Balaban J connectivity index is 1.58. The molecule has 0 amide bonds. The predicted molar refractivity (Wildman–Crippen MR) is 133 cm³/mol. The summed E-state index contributed by atoms with van der Waals surface area (Å²) < 4.78 is 12.6. The quantitative estimate of drug-likeness (QED) is 0.274. The molecule has 0 fully saturated rings. The van der Waals surface area contributed by atoms with Crippen LogP contribution < -0.4 is 9.47 Å². The van der Waals surface area contributed by atoms with Crippen LogP contribution >= 0.6 is 15.9 Å². The zero-order valence-electron chi connectivity index (χ0n) is 18.1. The van der Waals surface area contributed by atoms with E-state index in [0.29, 0.717) is 5.92 Å². The highest BCUT2D eigenvalue weighted by atomic mass is 79.9. The van der Waals surface area contributed by atoms with Gasteiger partial charge in [0.15, 0.2) is 0 Å². The van der Waals surface area contributed by atoms with Crippen LogP contribution in [0.25, 0.3) is 21.5 Å². The van der Waals surface area contributed by atoms with Gasteiger partial charge in [-0.1, -0.05) is 52.3 Å². The summed E-state index contributed by atoms with van der Waals surface area (Å²) in [4.78, 5) is 0. The second kappa shape index (κ2) is 8.55. The van der Waals surface area contributed by atoms with Gasteiger partial charge in [0.05, 0.1) is 19.6 Å². The lowest BCUT2D eigenvalue weighted by Gasteiger charge is -2.27. The van der Waals surface area contributed by atoms with Crippen LogP contribution in [-0.2, 0) is 12.8 Å². The summed E-state index contributed by atoms with van der Waals surface area (Å²) >= 11 is 3.54. The Labute approximate surface area is 192 Å². The number of benzene rings is 4. The van der Waals surface area contributed by atoms with Gasteiger partial charge in [-0.25, -0.2) is 0 Å². The number of halogens is 1. The highest BCUT2D eigenvalue weighted by Gasteiger charge is 2.23. The molecule has 0 saturated carbocycles. The maximum atomic E-state index is 5.83. The molecule has 0 bridgehead atoms. The molecule has 4 aromatic carbocycles. The van der Waals surface area contributed by atoms with E-state index in [1.54, 1.807) is 14.2 Å². The third-order valence-electron chi connectivity index (χ3n) is 6.79. The van der Waals surface area contributed by atoms with Crippen molar-refractivity contribution in [3.63, 3.8) is 0 Å². The Morgan fingerprint density at radius 1 is 0.871 bits per heavy atom. The molecule has 4 aromatic rings. The van der Waals surface area contributed by atoms with Gasteiger partial charge >= 0.3 is 0 Å². The number of rotatable bonds is 5. The van der Waals surface area contributed by atoms with E-state index in [4.69, 9.17) is 9.47 Å². The molecule has 2 nitrogen and oxygen atoms in total. The smallest absolute Gasteiger partial charge is 0.131 e. The first kappa shape index (κ1) is 20.4. The van der Waals surface area contributed by atoms with Gasteiger partial charge in [-0.15, -0.1) is 0 Å². The highest BCUT2D eigenvalue weighted by Crippen LogP contribution is 2.44. The normalized spacial score (nSPS) is 15.8. The van der Waals surface area contributed by atoms with Crippen LogP contribution in [0.15, 0.2) is 65.1 Å². The van der Waals surface area contributed by atoms with Crippen LogP contribution in [0.4, 0.5) is 0 Å². The van der Waals surface area contributed by atoms with Gasteiger partial charge in [0.1, 0.15) is 11.5 Å². The Morgan fingerprint density at radius 2 is 1.68 bits per heavy atom. The Bertz CT molecular complexity index is 1240. The summed E-state index contributed by atoms with van der Waals surface area (Å²) in [5.41, 5.74) is 4.45. The predicted octanol–water partition coefficient (Wildman–Crippen LogP) is 7.83. The number of methoxy groups -OCH3 is 2. The summed E-state index contributed by atoms with van der Waals surface area (Å²) in [6, 6.07) is 21.9. The van der Waals surface area contributed by atoms with E-state index in [9.17, 15) is 0 Å². The molecule has 158 valence electrons. The van der Waals surface area contributed by atoms with E-state index < -0.39 is 0 Å². The van der Waals surface area contributed by atoms with Crippen molar-refractivity contribution >= 4 is 37.5 Å². The molecule has 1 aliphatic carbocycles. The van der Waals surface area contributed by atoms with Crippen LogP contribution in [0.3, 0.4) is 0 Å². The molecule has 31 heavy (non-hydrogen) atoms. The minimum atomic E-state index is 0.615. The fourth-order valence-corrected chi connectivity index (χ4v) is 5.52. The second-order valence-corrected chi connectivity index (χ2v) is 9.36. The van der Waals surface area contributed by atoms with Crippen molar-refractivity contribution < 1.29 is 9.47 Å². The van der Waals surface area contributed by atoms with Crippen molar-refractivity contribution in [3.8, 4) is 11.5 Å². The number of fused-ring (bicyclic) bond motifs is 5. The van der Waals surface area contributed by atoms with E-state index in [0.717, 1.165) is 34.2 Å². The molecule has 0 aromatic heterocycles. The Kier molecular flexibility index (Phi) is 5.62. The Hall–Kier alpha value is -2.52. The van der Waals surface area contributed by atoms with E-state index in [1.165, 1.54) is 52.1 Å². The summed E-state index contributed by atoms with van der Waals surface area (Å²) in [5.74, 6) is 2.37. The van der Waals surface area contributed by atoms with Crippen LogP contribution in [0, 0.1) is 0 Å². The minimum Gasteiger partial charge on any atom is -0.496 e. The summed E-state index contributed by atoms with van der Waals surface area (Å²) in [6.07, 6.45) is 5.97. The molecule has 1 unspecified atom stereocenters. The van der Waals surface area contributed by atoms with Crippen molar-refractivity contribution in [2.75, 3.05) is 14.2 Å². The Morgan fingerprint density at radius 3 is 2.45 bits per heavy atom. The monoisotopic (exact) mass is 474 g/mol. The largest absolute Gasteiger partial charge is 0.496 e. The maximum absolute atomic E-state index is 5.83. The molecule has 5 rings (SSSR count). The first-order chi connectivity index (χ1) is 15.2. The standard InChI is InChI=1S/C28H27BrO2/c1-30-26-8-4-7-24-23-16-15-21-19(12-9-18-10-13-20(29)14-11-18)5-3-6-22(21)25(23)17-27(31-2)28(24)26/h4,7-8,10-11,13-17,19H,3,5-6,9,12H2,1-2H3. The van der Waals surface area contributed by atoms with E-state index in [1.807, 2.05) is 6.07 Å². The molecular weight excluding hydrogens is 448 g/mol. The number of hydrogen-bond acceptors (Lipinski definition) is 2. The molecule has 0 aliphatic heterocycles. The molecule has 3 heteroatoms. The van der Waals surface area contributed by atoms with Crippen LogP contribution in [0.5, 0.6) is 11.5 Å². The van der Waals surface area contributed by atoms with Crippen molar-refractivity contribution in [2.24, 2.45) is 0 Å². The third kappa shape index (κ3) is 3.70. The zero-order valence-corrected chi connectivity index (χ0v) is 19.7. The topological polar surface area (TPSA) is 18.5 Å². The average molecular weight is 475 g/mol. The van der Waals surface area contributed by atoms with Gasteiger partial charge in [0, 0.05) is 4.47 Å². The maximum Gasteiger partial charge on any atom is 0.131 e. The minimum absolute atomic E-state index is 0.615.